The second kappa shape index (κ2) is 8.01. The van der Waals surface area contributed by atoms with E-state index < -0.39 is 0 Å². The SMILES string of the molecule is C=C(C)CN(C)C(C)CCCNCC. The summed E-state index contributed by atoms with van der Waals surface area (Å²) < 4.78 is 0. The summed E-state index contributed by atoms with van der Waals surface area (Å²) in [7, 11) is 2.17. The molecule has 1 atom stereocenters. The standard InChI is InChI=1S/C12H26N2/c1-6-13-9-7-8-12(4)14(5)10-11(2)3/h12-13H,2,6-10H2,1,3-5H3. The lowest BCUT2D eigenvalue weighted by molar-refractivity contribution is 0.261. The van der Waals surface area contributed by atoms with Crippen molar-refractivity contribution in [2.75, 3.05) is 26.7 Å². The molecule has 0 bridgehead atoms. The van der Waals surface area contributed by atoms with E-state index in [1.165, 1.54) is 18.4 Å². The number of hydrogen-bond acceptors (Lipinski definition) is 2. The third-order valence-corrected chi connectivity index (χ3v) is 2.50. The molecule has 0 radical (unpaired) electrons. The number of nitrogens with zero attached hydrogens (tertiary/aromatic N) is 1. The molecule has 1 N–H and O–H groups in total. The van der Waals surface area contributed by atoms with E-state index in [2.05, 4.69) is 44.6 Å². The first kappa shape index (κ1) is 13.7. The quantitative estimate of drug-likeness (QED) is 0.475. The molecule has 1 unspecified atom stereocenters. The maximum Gasteiger partial charge on any atom is 0.0187 e. The minimum Gasteiger partial charge on any atom is -0.317 e. The molecule has 0 amide bonds. The van der Waals surface area contributed by atoms with Crippen molar-refractivity contribution in [1.29, 1.82) is 0 Å². The molecule has 0 aliphatic carbocycles. The van der Waals surface area contributed by atoms with Crippen molar-refractivity contribution in [2.24, 2.45) is 0 Å². The second-order valence-electron chi connectivity index (χ2n) is 4.22. The average molecular weight is 198 g/mol. The molecule has 0 aliphatic rings. The van der Waals surface area contributed by atoms with Crippen LogP contribution in [0.2, 0.25) is 0 Å². The van der Waals surface area contributed by atoms with Gasteiger partial charge in [-0.3, -0.25) is 4.90 Å². The highest BCUT2D eigenvalue weighted by molar-refractivity contribution is 4.91. The average Bonchev–Trinajstić information content (AvgIpc) is 2.11. The van der Waals surface area contributed by atoms with Crippen LogP contribution in [0.25, 0.3) is 0 Å². The van der Waals surface area contributed by atoms with Crippen LogP contribution < -0.4 is 5.32 Å². The Morgan fingerprint density at radius 1 is 1.50 bits per heavy atom. The van der Waals surface area contributed by atoms with Gasteiger partial charge in [0.15, 0.2) is 0 Å². The fourth-order valence-corrected chi connectivity index (χ4v) is 1.50. The van der Waals surface area contributed by atoms with Crippen molar-refractivity contribution in [1.82, 2.24) is 10.2 Å². The van der Waals surface area contributed by atoms with E-state index in [0.717, 1.165) is 19.6 Å². The molecule has 0 heterocycles. The smallest absolute Gasteiger partial charge is 0.0187 e. The van der Waals surface area contributed by atoms with Crippen molar-refractivity contribution in [3.8, 4) is 0 Å². The molecule has 14 heavy (non-hydrogen) atoms. The summed E-state index contributed by atoms with van der Waals surface area (Å²) in [5, 5.41) is 3.35. The number of hydrogen-bond donors (Lipinski definition) is 1. The summed E-state index contributed by atoms with van der Waals surface area (Å²) in [6, 6.07) is 0.658. The molecule has 0 aromatic rings. The molecule has 0 saturated carbocycles. The Bertz CT molecular complexity index is 154. The zero-order chi connectivity index (χ0) is 11.0. The van der Waals surface area contributed by atoms with Crippen molar-refractivity contribution < 1.29 is 0 Å². The van der Waals surface area contributed by atoms with Gasteiger partial charge in [-0.15, -0.1) is 0 Å². The second-order valence-corrected chi connectivity index (χ2v) is 4.22. The zero-order valence-corrected chi connectivity index (χ0v) is 10.3. The Labute approximate surface area is 89.4 Å². The first-order chi connectivity index (χ1) is 6.57. The van der Waals surface area contributed by atoms with Gasteiger partial charge in [-0.1, -0.05) is 19.1 Å². The first-order valence-electron chi connectivity index (χ1n) is 5.63. The molecule has 0 rings (SSSR count). The molecule has 0 aliphatic heterocycles. The third kappa shape index (κ3) is 7.10. The van der Waals surface area contributed by atoms with Crippen LogP contribution in [0, 0.1) is 0 Å². The van der Waals surface area contributed by atoms with Crippen LogP contribution >= 0.6 is 0 Å². The summed E-state index contributed by atoms with van der Waals surface area (Å²) in [6.07, 6.45) is 2.52. The Morgan fingerprint density at radius 2 is 2.14 bits per heavy atom. The molecule has 0 aromatic heterocycles. The molecular weight excluding hydrogens is 172 g/mol. The molecule has 2 heteroatoms. The van der Waals surface area contributed by atoms with E-state index in [-0.39, 0.29) is 0 Å². The van der Waals surface area contributed by atoms with Gasteiger partial charge in [0.05, 0.1) is 0 Å². The van der Waals surface area contributed by atoms with Crippen molar-refractivity contribution in [2.45, 2.75) is 39.7 Å². The van der Waals surface area contributed by atoms with E-state index in [0.29, 0.717) is 6.04 Å². The van der Waals surface area contributed by atoms with E-state index in [1.807, 2.05) is 0 Å². The molecular formula is C12H26N2. The van der Waals surface area contributed by atoms with Gasteiger partial charge < -0.3 is 5.32 Å². The van der Waals surface area contributed by atoms with Crippen molar-refractivity contribution in [3.05, 3.63) is 12.2 Å². The fourth-order valence-electron chi connectivity index (χ4n) is 1.50. The Kier molecular flexibility index (Phi) is 7.81. The number of rotatable bonds is 8. The molecule has 0 fully saturated rings. The summed E-state index contributed by atoms with van der Waals surface area (Å²) in [4.78, 5) is 2.37. The monoisotopic (exact) mass is 198 g/mol. The first-order valence-corrected chi connectivity index (χ1v) is 5.63. The predicted octanol–water partition coefficient (Wildman–Crippen LogP) is 2.27. The van der Waals surface area contributed by atoms with Gasteiger partial charge in [-0.05, 0) is 46.8 Å². The van der Waals surface area contributed by atoms with Crippen LogP contribution in [0.5, 0.6) is 0 Å². The van der Waals surface area contributed by atoms with Gasteiger partial charge in [-0.25, -0.2) is 0 Å². The Morgan fingerprint density at radius 3 is 2.64 bits per heavy atom. The van der Waals surface area contributed by atoms with Crippen molar-refractivity contribution >= 4 is 0 Å². The topological polar surface area (TPSA) is 15.3 Å². The predicted molar refractivity (Wildman–Crippen MR) is 64.7 cm³/mol. The van der Waals surface area contributed by atoms with E-state index in [9.17, 15) is 0 Å². The van der Waals surface area contributed by atoms with Crippen LogP contribution in [-0.2, 0) is 0 Å². The van der Waals surface area contributed by atoms with Gasteiger partial charge in [-0.2, -0.15) is 0 Å². The van der Waals surface area contributed by atoms with Gasteiger partial charge in [0.1, 0.15) is 0 Å². The van der Waals surface area contributed by atoms with Crippen LogP contribution in [-0.4, -0.2) is 37.6 Å². The zero-order valence-electron chi connectivity index (χ0n) is 10.3. The summed E-state index contributed by atoms with van der Waals surface area (Å²) in [5.41, 5.74) is 1.24. The van der Waals surface area contributed by atoms with Crippen molar-refractivity contribution in [3.63, 3.8) is 0 Å². The lowest BCUT2D eigenvalue weighted by Crippen LogP contribution is -2.31. The normalized spacial score (nSPS) is 13.2. The molecule has 84 valence electrons. The molecule has 0 saturated heterocycles. The van der Waals surface area contributed by atoms with Gasteiger partial charge in [0.25, 0.3) is 0 Å². The van der Waals surface area contributed by atoms with E-state index in [1.54, 1.807) is 0 Å². The molecule has 2 nitrogen and oxygen atoms in total. The maximum absolute atomic E-state index is 3.93. The highest BCUT2D eigenvalue weighted by atomic mass is 15.1. The van der Waals surface area contributed by atoms with E-state index >= 15 is 0 Å². The van der Waals surface area contributed by atoms with Crippen LogP contribution in [0.15, 0.2) is 12.2 Å². The Hall–Kier alpha value is -0.340. The molecule has 0 spiro atoms. The highest BCUT2D eigenvalue weighted by Gasteiger charge is 2.07. The molecule has 0 aromatic carbocycles. The maximum atomic E-state index is 3.93. The van der Waals surface area contributed by atoms with Crippen LogP contribution in [0.1, 0.15) is 33.6 Å². The van der Waals surface area contributed by atoms with Gasteiger partial charge in [0, 0.05) is 12.6 Å². The fraction of sp³-hybridized carbons (Fsp3) is 0.833. The minimum absolute atomic E-state index is 0.658. The third-order valence-electron chi connectivity index (χ3n) is 2.50. The minimum atomic E-state index is 0.658. The number of nitrogens with one attached hydrogen (secondary N) is 1. The lowest BCUT2D eigenvalue weighted by atomic mass is 10.1. The summed E-state index contributed by atoms with van der Waals surface area (Å²) in [6.45, 7) is 13.7. The summed E-state index contributed by atoms with van der Waals surface area (Å²) >= 11 is 0. The van der Waals surface area contributed by atoms with E-state index in [4.69, 9.17) is 0 Å². The lowest BCUT2D eigenvalue weighted by Gasteiger charge is -2.24. The van der Waals surface area contributed by atoms with Gasteiger partial charge >= 0.3 is 0 Å². The van der Waals surface area contributed by atoms with Gasteiger partial charge in [0.2, 0.25) is 0 Å². The highest BCUT2D eigenvalue weighted by Crippen LogP contribution is 2.05. The summed E-state index contributed by atoms with van der Waals surface area (Å²) in [5.74, 6) is 0. The largest absolute Gasteiger partial charge is 0.317 e. The van der Waals surface area contributed by atoms with Crippen LogP contribution in [0.4, 0.5) is 0 Å². The number of likely N-dealkylation sites (N-methyl/N-ethyl adjacent to an activating group) is 1. The van der Waals surface area contributed by atoms with Crippen LogP contribution in [0.3, 0.4) is 0 Å². The Balaban J connectivity index is 3.51.